The molecule has 0 radical (unpaired) electrons. The molecule has 0 atom stereocenters. The zero-order chi connectivity index (χ0) is 23.7. The number of primary amides is 1. The van der Waals surface area contributed by atoms with Crippen LogP contribution in [0.3, 0.4) is 0 Å². The van der Waals surface area contributed by atoms with Gasteiger partial charge in [0.2, 0.25) is 11.9 Å². The lowest BCUT2D eigenvalue weighted by atomic mass is 9.95. The van der Waals surface area contributed by atoms with E-state index < -0.39 is 0 Å². The van der Waals surface area contributed by atoms with Crippen molar-refractivity contribution in [2.45, 2.75) is 45.1 Å². The highest BCUT2D eigenvalue weighted by Gasteiger charge is 2.17. The number of methoxy groups -OCH3 is 1. The minimum absolute atomic E-state index is 0.0799. The van der Waals surface area contributed by atoms with Crippen molar-refractivity contribution in [3.63, 3.8) is 0 Å². The van der Waals surface area contributed by atoms with E-state index in [0.29, 0.717) is 29.0 Å². The fourth-order valence-electron chi connectivity index (χ4n) is 3.28. The molecular formula is C22H31BrN6O3. The van der Waals surface area contributed by atoms with Gasteiger partial charge in [-0.1, -0.05) is 19.3 Å². The van der Waals surface area contributed by atoms with Crippen molar-refractivity contribution in [2.24, 2.45) is 5.73 Å². The molecule has 9 nitrogen and oxygen atoms in total. The lowest BCUT2D eigenvalue weighted by Gasteiger charge is -2.24. The van der Waals surface area contributed by atoms with Crippen molar-refractivity contribution in [1.29, 1.82) is 0 Å². The van der Waals surface area contributed by atoms with Crippen molar-refractivity contribution in [1.82, 2.24) is 14.9 Å². The summed E-state index contributed by atoms with van der Waals surface area (Å²) in [7, 11) is 5.01. The van der Waals surface area contributed by atoms with Gasteiger partial charge >= 0.3 is 0 Å². The number of nitrogens with two attached hydrogens (primary N) is 1. The number of carbonyl (C=O) groups is 2. The van der Waals surface area contributed by atoms with E-state index in [1.807, 2.05) is 0 Å². The first-order valence-electron chi connectivity index (χ1n) is 10.4. The molecule has 4 N–H and O–H groups in total. The quantitative estimate of drug-likeness (QED) is 0.542. The molecule has 1 aliphatic carbocycles. The molecule has 2 amide bonds. The maximum atomic E-state index is 12.2. The van der Waals surface area contributed by atoms with Gasteiger partial charge in [0.1, 0.15) is 11.6 Å². The number of hydrogen-bond acceptors (Lipinski definition) is 7. The summed E-state index contributed by atoms with van der Waals surface area (Å²) in [4.78, 5) is 31.9. The number of nitrogens with zero attached hydrogens (tertiary/aromatic N) is 3. The molecule has 0 spiro atoms. The second-order valence-electron chi connectivity index (χ2n) is 7.72. The van der Waals surface area contributed by atoms with Gasteiger partial charge in [0.25, 0.3) is 5.91 Å². The summed E-state index contributed by atoms with van der Waals surface area (Å²) in [6.07, 6.45) is 7.86. The number of nitrogens with one attached hydrogen (secondary N) is 2. The van der Waals surface area contributed by atoms with Crippen molar-refractivity contribution in [3.05, 3.63) is 34.4 Å². The van der Waals surface area contributed by atoms with Gasteiger partial charge in [0, 0.05) is 38.8 Å². The lowest BCUT2D eigenvalue weighted by molar-refractivity contribution is -0.115. The number of hydrogen-bond donors (Lipinski definition) is 3. The summed E-state index contributed by atoms with van der Waals surface area (Å²) < 4.78 is 6.29. The molecule has 1 aliphatic rings. The van der Waals surface area contributed by atoms with Gasteiger partial charge in [-0.25, -0.2) is 4.98 Å². The van der Waals surface area contributed by atoms with Crippen LogP contribution in [-0.2, 0) is 4.79 Å². The van der Waals surface area contributed by atoms with Gasteiger partial charge < -0.3 is 26.0 Å². The highest BCUT2D eigenvalue weighted by atomic mass is 79.9. The Kier molecular flexibility index (Phi) is 9.70. The first-order chi connectivity index (χ1) is 15.2. The number of anilines is 3. The van der Waals surface area contributed by atoms with Crippen LogP contribution in [0.4, 0.5) is 17.5 Å². The predicted octanol–water partition coefficient (Wildman–Crippen LogP) is 3.93. The van der Waals surface area contributed by atoms with E-state index in [9.17, 15) is 9.59 Å². The van der Waals surface area contributed by atoms with Crippen molar-refractivity contribution >= 4 is 45.2 Å². The molecule has 0 bridgehead atoms. The summed E-state index contributed by atoms with van der Waals surface area (Å²) in [6.45, 7) is 1.31. The molecule has 32 heavy (non-hydrogen) atoms. The molecule has 174 valence electrons. The van der Waals surface area contributed by atoms with Gasteiger partial charge in [-0.3, -0.25) is 9.59 Å². The van der Waals surface area contributed by atoms with Gasteiger partial charge in [0.05, 0.1) is 17.3 Å². The van der Waals surface area contributed by atoms with E-state index in [-0.39, 0.29) is 11.8 Å². The second-order valence-corrected chi connectivity index (χ2v) is 8.57. The zero-order valence-electron chi connectivity index (χ0n) is 18.9. The average molecular weight is 507 g/mol. The van der Waals surface area contributed by atoms with Gasteiger partial charge in [-0.2, -0.15) is 4.98 Å². The summed E-state index contributed by atoms with van der Waals surface area (Å²) >= 11 is 3.53. The Morgan fingerprint density at radius 1 is 1.22 bits per heavy atom. The molecule has 1 saturated carbocycles. The van der Waals surface area contributed by atoms with E-state index in [2.05, 4.69) is 42.3 Å². The Hall–Kier alpha value is -2.88. The Morgan fingerprint density at radius 2 is 1.88 bits per heavy atom. The fraction of sp³-hybridized carbons (Fsp3) is 0.455. The van der Waals surface area contributed by atoms with Crippen LogP contribution in [-0.4, -0.2) is 53.9 Å². The molecule has 0 saturated heterocycles. The van der Waals surface area contributed by atoms with E-state index in [1.54, 1.807) is 45.6 Å². The minimum Gasteiger partial charge on any atom is -0.495 e. The van der Waals surface area contributed by atoms with Crippen LogP contribution >= 0.6 is 15.9 Å². The van der Waals surface area contributed by atoms with E-state index in [0.717, 1.165) is 23.1 Å². The standard InChI is InChI=1S/C20H26BrN5O2.C2H5NO/c1-26(2)19(27)13-9-10-16(17(11-13)28-3)24-20-22-12-15(21)18(25-20)23-14-7-5-4-6-8-14;1-2(3)4/h9-12,14H,4-8H2,1-3H3,(H2,22,23,24,25);1H3,(H2,3,4). The zero-order valence-corrected chi connectivity index (χ0v) is 20.5. The maximum Gasteiger partial charge on any atom is 0.253 e. The Labute approximate surface area is 197 Å². The minimum atomic E-state index is -0.333. The van der Waals surface area contributed by atoms with E-state index >= 15 is 0 Å². The summed E-state index contributed by atoms with van der Waals surface area (Å²) in [5, 5.41) is 6.71. The van der Waals surface area contributed by atoms with Crippen LogP contribution in [0.25, 0.3) is 0 Å². The third kappa shape index (κ3) is 7.67. The van der Waals surface area contributed by atoms with Gasteiger partial charge in [0.15, 0.2) is 0 Å². The number of benzene rings is 1. The van der Waals surface area contributed by atoms with Crippen molar-refractivity contribution in [3.8, 4) is 5.75 Å². The number of rotatable bonds is 6. The van der Waals surface area contributed by atoms with Crippen LogP contribution in [0.2, 0.25) is 0 Å². The lowest BCUT2D eigenvalue weighted by Crippen LogP contribution is -2.23. The van der Waals surface area contributed by atoms with Crippen molar-refractivity contribution in [2.75, 3.05) is 31.8 Å². The highest BCUT2D eigenvalue weighted by Crippen LogP contribution is 2.30. The van der Waals surface area contributed by atoms with E-state index in [1.165, 1.54) is 31.1 Å². The fourth-order valence-corrected chi connectivity index (χ4v) is 3.58. The molecule has 0 unspecified atom stereocenters. The second kappa shape index (κ2) is 12.2. The Bertz CT molecular complexity index is 928. The first kappa shape index (κ1) is 25.4. The summed E-state index contributed by atoms with van der Waals surface area (Å²) in [6, 6.07) is 5.71. The molecular weight excluding hydrogens is 476 g/mol. The number of amides is 2. The SMILES string of the molecule is CC(N)=O.COc1cc(C(=O)N(C)C)ccc1Nc1ncc(Br)c(NC2CCCCC2)n1. The van der Waals surface area contributed by atoms with Crippen molar-refractivity contribution < 1.29 is 14.3 Å². The highest BCUT2D eigenvalue weighted by molar-refractivity contribution is 9.10. The molecule has 3 rings (SSSR count). The van der Waals surface area contributed by atoms with Crippen LogP contribution in [0.15, 0.2) is 28.9 Å². The van der Waals surface area contributed by atoms with Gasteiger partial charge in [-0.15, -0.1) is 0 Å². The smallest absolute Gasteiger partial charge is 0.253 e. The summed E-state index contributed by atoms with van der Waals surface area (Å²) in [5.74, 6) is 1.39. The third-order valence-electron chi connectivity index (χ3n) is 4.79. The number of halogens is 1. The molecule has 1 fully saturated rings. The number of carbonyl (C=O) groups excluding carboxylic acids is 2. The molecule has 1 aromatic carbocycles. The molecule has 1 aromatic heterocycles. The van der Waals surface area contributed by atoms with Crippen LogP contribution in [0.1, 0.15) is 49.4 Å². The van der Waals surface area contributed by atoms with Crippen LogP contribution in [0.5, 0.6) is 5.75 Å². The molecule has 2 aromatic rings. The predicted molar refractivity (Wildman–Crippen MR) is 129 cm³/mol. The maximum absolute atomic E-state index is 12.2. The molecule has 10 heteroatoms. The van der Waals surface area contributed by atoms with Gasteiger partial charge in [-0.05, 0) is 47.0 Å². The summed E-state index contributed by atoms with van der Waals surface area (Å²) in [5.41, 5.74) is 5.73. The average Bonchev–Trinajstić information content (AvgIpc) is 2.76. The molecule has 1 heterocycles. The topological polar surface area (TPSA) is 122 Å². The monoisotopic (exact) mass is 506 g/mol. The third-order valence-corrected chi connectivity index (χ3v) is 5.37. The molecule has 0 aliphatic heterocycles. The number of ether oxygens (including phenoxy) is 1. The van der Waals surface area contributed by atoms with Crippen LogP contribution < -0.4 is 21.1 Å². The van der Waals surface area contributed by atoms with E-state index in [4.69, 9.17) is 4.74 Å². The Morgan fingerprint density at radius 3 is 2.47 bits per heavy atom. The first-order valence-corrected chi connectivity index (χ1v) is 11.2. The normalized spacial score (nSPS) is 13.4. The number of aromatic nitrogens is 2. The largest absolute Gasteiger partial charge is 0.495 e. The van der Waals surface area contributed by atoms with Crippen LogP contribution in [0, 0.1) is 0 Å². The Balaban J connectivity index is 0.000000837.